The maximum Gasteiger partial charge on any atom is 0.241 e. The van der Waals surface area contributed by atoms with Crippen molar-refractivity contribution in [3.63, 3.8) is 0 Å². The second kappa shape index (κ2) is 6.45. The van der Waals surface area contributed by atoms with E-state index in [0.29, 0.717) is 23.5 Å². The summed E-state index contributed by atoms with van der Waals surface area (Å²) in [6.45, 7) is 8.16. The molecule has 1 aromatic rings. The first-order chi connectivity index (χ1) is 9.90. The Morgan fingerprint density at radius 2 is 1.86 bits per heavy atom. The van der Waals surface area contributed by atoms with Crippen molar-refractivity contribution in [2.75, 3.05) is 31.2 Å². The van der Waals surface area contributed by atoms with Crippen LogP contribution in [0.25, 0.3) is 0 Å². The summed E-state index contributed by atoms with van der Waals surface area (Å²) >= 11 is 0. The van der Waals surface area contributed by atoms with E-state index in [2.05, 4.69) is 36.0 Å². The smallest absolute Gasteiger partial charge is 0.241 e. The molecule has 5 nitrogen and oxygen atoms in total. The van der Waals surface area contributed by atoms with Gasteiger partial charge in [0.05, 0.1) is 17.4 Å². The average molecular weight is 290 g/mol. The Balaban J connectivity index is 2.01. The highest BCUT2D eigenvalue weighted by Crippen LogP contribution is 2.19. The summed E-state index contributed by atoms with van der Waals surface area (Å²) in [5.74, 6) is -0.00291. The lowest BCUT2D eigenvalue weighted by Gasteiger charge is -2.44. The zero-order valence-electron chi connectivity index (χ0n) is 13.3. The molecule has 116 valence electrons. The number of nitrogens with one attached hydrogen (secondary N) is 1. The van der Waals surface area contributed by atoms with E-state index in [4.69, 9.17) is 5.73 Å². The van der Waals surface area contributed by atoms with Crippen LogP contribution in [-0.4, -0.2) is 54.0 Å². The average Bonchev–Trinajstić information content (AvgIpc) is 2.45. The molecule has 0 bridgehead atoms. The first-order valence-electron chi connectivity index (χ1n) is 7.51. The van der Waals surface area contributed by atoms with Crippen molar-refractivity contribution in [3.05, 3.63) is 24.3 Å². The minimum absolute atomic E-state index is 0.00291. The lowest BCUT2D eigenvalue weighted by atomic mass is 10.1. The third-order valence-electron chi connectivity index (χ3n) is 4.53. The van der Waals surface area contributed by atoms with E-state index in [0.717, 1.165) is 13.1 Å². The van der Waals surface area contributed by atoms with Crippen LogP contribution in [0, 0.1) is 0 Å². The van der Waals surface area contributed by atoms with E-state index in [9.17, 15) is 4.79 Å². The fraction of sp³-hybridized carbons (Fsp3) is 0.562. The Bertz CT molecular complexity index is 493. The number of nitrogens with two attached hydrogens (primary N) is 1. The third kappa shape index (κ3) is 3.54. The summed E-state index contributed by atoms with van der Waals surface area (Å²) < 4.78 is 0. The highest BCUT2D eigenvalue weighted by atomic mass is 16.2. The molecule has 0 spiro atoms. The predicted octanol–water partition coefficient (Wildman–Crippen LogP) is 1.62. The van der Waals surface area contributed by atoms with Crippen molar-refractivity contribution in [1.29, 1.82) is 0 Å². The normalized spacial score (nSPS) is 25.5. The van der Waals surface area contributed by atoms with Gasteiger partial charge in [0.25, 0.3) is 0 Å². The van der Waals surface area contributed by atoms with Crippen LogP contribution >= 0.6 is 0 Å². The van der Waals surface area contributed by atoms with Crippen molar-refractivity contribution in [2.24, 2.45) is 0 Å². The van der Waals surface area contributed by atoms with Crippen molar-refractivity contribution >= 4 is 17.3 Å². The van der Waals surface area contributed by atoms with Gasteiger partial charge in [0.1, 0.15) is 0 Å². The number of hydrogen-bond acceptors (Lipinski definition) is 4. The molecular formula is C16H26N4O. The maximum atomic E-state index is 12.4. The van der Waals surface area contributed by atoms with E-state index >= 15 is 0 Å². The van der Waals surface area contributed by atoms with Gasteiger partial charge in [-0.05, 0) is 40.0 Å². The third-order valence-corrected chi connectivity index (χ3v) is 4.53. The Kier molecular flexibility index (Phi) is 4.85. The van der Waals surface area contributed by atoms with Crippen molar-refractivity contribution < 1.29 is 4.79 Å². The molecule has 1 aromatic carbocycles. The lowest BCUT2D eigenvalue weighted by Crippen LogP contribution is -2.58. The zero-order valence-corrected chi connectivity index (χ0v) is 13.3. The topological polar surface area (TPSA) is 61.6 Å². The van der Waals surface area contributed by atoms with Gasteiger partial charge in [-0.15, -0.1) is 0 Å². The van der Waals surface area contributed by atoms with Crippen LogP contribution in [0.3, 0.4) is 0 Å². The molecule has 1 aliphatic heterocycles. The number of carbonyl (C=O) groups excluding carboxylic acids is 1. The fourth-order valence-corrected chi connectivity index (χ4v) is 2.78. The number of benzene rings is 1. The summed E-state index contributed by atoms with van der Waals surface area (Å²) in [5.41, 5.74) is 7.16. The number of piperazine rings is 1. The van der Waals surface area contributed by atoms with Crippen LogP contribution in [-0.2, 0) is 4.79 Å². The van der Waals surface area contributed by atoms with Gasteiger partial charge in [0.15, 0.2) is 0 Å². The standard InChI is InChI=1S/C16H26N4O/c1-11-9-20(10-12(2)19(11)4)13(3)16(21)18-15-8-6-5-7-14(15)17/h5-8,11-13H,9-10,17H2,1-4H3,(H,18,21). The molecular weight excluding hydrogens is 264 g/mol. The molecule has 3 unspecified atom stereocenters. The minimum atomic E-state index is -0.164. The number of likely N-dealkylation sites (N-methyl/N-ethyl adjacent to an activating group) is 1. The van der Waals surface area contributed by atoms with E-state index in [1.807, 2.05) is 25.1 Å². The van der Waals surface area contributed by atoms with E-state index in [1.54, 1.807) is 6.07 Å². The summed E-state index contributed by atoms with van der Waals surface area (Å²) in [5, 5.41) is 2.93. The number of carbonyl (C=O) groups is 1. The molecule has 0 radical (unpaired) electrons. The fourth-order valence-electron chi connectivity index (χ4n) is 2.78. The number of rotatable bonds is 3. The van der Waals surface area contributed by atoms with E-state index in [1.165, 1.54) is 0 Å². The van der Waals surface area contributed by atoms with Gasteiger partial charge in [-0.1, -0.05) is 12.1 Å². The van der Waals surface area contributed by atoms with Gasteiger partial charge >= 0.3 is 0 Å². The Hall–Kier alpha value is -1.59. The van der Waals surface area contributed by atoms with Gasteiger partial charge < -0.3 is 11.1 Å². The summed E-state index contributed by atoms with van der Waals surface area (Å²) in [4.78, 5) is 17.0. The van der Waals surface area contributed by atoms with Crippen LogP contribution in [0.2, 0.25) is 0 Å². The predicted molar refractivity (Wildman–Crippen MR) is 87.2 cm³/mol. The molecule has 1 amide bonds. The van der Waals surface area contributed by atoms with E-state index < -0.39 is 0 Å². The molecule has 1 saturated heterocycles. The highest BCUT2D eigenvalue weighted by molar-refractivity contribution is 5.97. The van der Waals surface area contributed by atoms with Crippen molar-refractivity contribution in [1.82, 2.24) is 9.80 Å². The number of anilines is 2. The monoisotopic (exact) mass is 290 g/mol. The summed E-state index contributed by atoms with van der Waals surface area (Å²) in [7, 11) is 2.14. The first kappa shape index (κ1) is 15.8. The number of amides is 1. The molecule has 3 N–H and O–H groups in total. The van der Waals surface area contributed by atoms with E-state index in [-0.39, 0.29) is 11.9 Å². The summed E-state index contributed by atoms with van der Waals surface area (Å²) in [6.07, 6.45) is 0. The molecule has 2 rings (SSSR count). The summed E-state index contributed by atoms with van der Waals surface area (Å²) in [6, 6.07) is 8.09. The molecule has 0 aliphatic carbocycles. The van der Waals surface area contributed by atoms with Crippen LogP contribution in [0.1, 0.15) is 20.8 Å². The van der Waals surface area contributed by atoms with Gasteiger partial charge in [0.2, 0.25) is 5.91 Å². The van der Waals surface area contributed by atoms with Gasteiger partial charge in [0, 0.05) is 25.2 Å². The lowest BCUT2D eigenvalue weighted by molar-refractivity contribution is -0.122. The number of nitrogens with zero attached hydrogens (tertiary/aromatic N) is 2. The van der Waals surface area contributed by atoms with Crippen molar-refractivity contribution in [2.45, 2.75) is 38.9 Å². The van der Waals surface area contributed by atoms with Gasteiger partial charge in [-0.3, -0.25) is 14.6 Å². The maximum absolute atomic E-state index is 12.4. The molecule has 3 atom stereocenters. The second-order valence-corrected chi connectivity index (χ2v) is 6.07. The van der Waals surface area contributed by atoms with Crippen LogP contribution in [0.4, 0.5) is 11.4 Å². The number of hydrogen-bond donors (Lipinski definition) is 2. The largest absolute Gasteiger partial charge is 0.397 e. The molecule has 0 aromatic heterocycles. The van der Waals surface area contributed by atoms with Crippen molar-refractivity contribution in [3.8, 4) is 0 Å². The molecule has 5 heteroatoms. The number of para-hydroxylation sites is 2. The molecule has 21 heavy (non-hydrogen) atoms. The minimum Gasteiger partial charge on any atom is -0.397 e. The molecule has 0 saturated carbocycles. The van der Waals surface area contributed by atoms with Gasteiger partial charge in [-0.2, -0.15) is 0 Å². The quantitative estimate of drug-likeness (QED) is 0.831. The molecule has 1 fully saturated rings. The molecule has 1 aliphatic rings. The Morgan fingerprint density at radius 3 is 2.43 bits per heavy atom. The number of nitrogen functional groups attached to an aromatic ring is 1. The Labute approximate surface area is 127 Å². The highest BCUT2D eigenvalue weighted by Gasteiger charge is 2.31. The zero-order chi connectivity index (χ0) is 15.6. The SMILES string of the molecule is CC(C(=O)Nc1ccccc1N)N1CC(C)N(C)C(C)C1. The van der Waals surface area contributed by atoms with Crippen LogP contribution in [0.5, 0.6) is 0 Å². The molecule has 1 heterocycles. The van der Waals surface area contributed by atoms with Crippen LogP contribution in [0.15, 0.2) is 24.3 Å². The second-order valence-electron chi connectivity index (χ2n) is 6.07. The van der Waals surface area contributed by atoms with Crippen LogP contribution < -0.4 is 11.1 Å². The first-order valence-corrected chi connectivity index (χ1v) is 7.51. The van der Waals surface area contributed by atoms with Gasteiger partial charge in [-0.25, -0.2) is 0 Å². The Morgan fingerprint density at radius 1 is 1.29 bits per heavy atom.